The van der Waals surface area contributed by atoms with Gasteiger partial charge in [-0.05, 0) is 39.0 Å². The molecule has 4 nitrogen and oxygen atoms in total. The molecule has 2 heterocycles. The zero-order valence-corrected chi connectivity index (χ0v) is 10.2. The van der Waals surface area contributed by atoms with Crippen LogP contribution in [0.3, 0.4) is 0 Å². The molecule has 0 saturated carbocycles. The van der Waals surface area contributed by atoms with Gasteiger partial charge in [-0.25, -0.2) is 4.79 Å². The zero-order chi connectivity index (χ0) is 11.5. The maximum absolute atomic E-state index is 12.3. The van der Waals surface area contributed by atoms with Crippen molar-refractivity contribution in [1.29, 1.82) is 0 Å². The molecule has 16 heavy (non-hydrogen) atoms. The van der Waals surface area contributed by atoms with Gasteiger partial charge in [0.25, 0.3) is 0 Å². The van der Waals surface area contributed by atoms with Gasteiger partial charge in [-0.15, -0.1) is 0 Å². The summed E-state index contributed by atoms with van der Waals surface area (Å²) in [6.45, 7) is 4.77. The lowest BCUT2D eigenvalue weighted by Gasteiger charge is -2.40. The summed E-state index contributed by atoms with van der Waals surface area (Å²) >= 11 is 0. The van der Waals surface area contributed by atoms with Crippen LogP contribution >= 0.6 is 0 Å². The average Bonchev–Trinajstić information content (AvgIpc) is 2.81. The molecule has 2 aliphatic rings. The molecule has 2 atom stereocenters. The monoisotopic (exact) mass is 225 g/mol. The number of piperidine rings is 1. The van der Waals surface area contributed by atoms with E-state index < -0.39 is 0 Å². The van der Waals surface area contributed by atoms with Gasteiger partial charge in [-0.1, -0.05) is 0 Å². The van der Waals surface area contributed by atoms with Crippen LogP contribution in [0.5, 0.6) is 0 Å². The summed E-state index contributed by atoms with van der Waals surface area (Å²) in [5.41, 5.74) is 5.98. The van der Waals surface area contributed by atoms with Crippen LogP contribution < -0.4 is 5.73 Å². The molecule has 2 fully saturated rings. The number of carbonyl (C=O) groups is 1. The Labute approximate surface area is 97.8 Å². The highest BCUT2D eigenvalue weighted by molar-refractivity contribution is 5.75. The first-order valence-corrected chi connectivity index (χ1v) is 6.51. The van der Waals surface area contributed by atoms with Crippen LogP contribution in [0, 0.1) is 0 Å². The third-order valence-electron chi connectivity index (χ3n) is 3.78. The molecule has 2 rings (SSSR count). The van der Waals surface area contributed by atoms with Crippen molar-refractivity contribution in [2.75, 3.05) is 19.6 Å². The summed E-state index contributed by atoms with van der Waals surface area (Å²) < 4.78 is 0. The lowest BCUT2D eigenvalue weighted by molar-refractivity contribution is 0.114. The maximum atomic E-state index is 12.3. The Kier molecular flexibility index (Phi) is 3.69. The number of carbonyl (C=O) groups excluding carboxylic acids is 1. The summed E-state index contributed by atoms with van der Waals surface area (Å²) in [5.74, 6) is 0. The topological polar surface area (TPSA) is 49.6 Å². The van der Waals surface area contributed by atoms with E-state index in [4.69, 9.17) is 5.73 Å². The number of nitrogens with two attached hydrogens (primary N) is 1. The molecule has 92 valence electrons. The molecular weight excluding hydrogens is 202 g/mol. The van der Waals surface area contributed by atoms with Crippen LogP contribution in [0.15, 0.2) is 0 Å². The minimum atomic E-state index is 0.0897. The van der Waals surface area contributed by atoms with Crippen molar-refractivity contribution < 1.29 is 4.79 Å². The highest BCUT2D eigenvalue weighted by Crippen LogP contribution is 2.22. The van der Waals surface area contributed by atoms with Crippen molar-refractivity contribution in [3.05, 3.63) is 0 Å². The molecule has 2 saturated heterocycles. The summed E-state index contributed by atoms with van der Waals surface area (Å²) in [7, 11) is 0. The summed E-state index contributed by atoms with van der Waals surface area (Å²) in [6.07, 6.45) is 5.71. The fourth-order valence-corrected chi connectivity index (χ4v) is 2.83. The van der Waals surface area contributed by atoms with Gasteiger partial charge in [0, 0.05) is 31.7 Å². The van der Waals surface area contributed by atoms with E-state index >= 15 is 0 Å². The Morgan fingerprint density at radius 3 is 2.44 bits per heavy atom. The average molecular weight is 225 g/mol. The quantitative estimate of drug-likeness (QED) is 0.733. The lowest BCUT2D eigenvalue weighted by Crippen LogP contribution is -2.55. The van der Waals surface area contributed by atoms with Crippen molar-refractivity contribution in [2.45, 2.75) is 51.1 Å². The van der Waals surface area contributed by atoms with Gasteiger partial charge in [0.1, 0.15) is 0 Å². The Morgan fingerprint density at radius 1 is 1.19 bits per heavy atom. The van der Waals surface area contributed by atoms with Crippen molar-refractivity contribution in [2.24, 2.45) is 5.73 Å². The molecule has 0 aliphatic carbocycles. The SMILES string of the molecule is CC(N)C1CCCCN1C(=O)N1CCCC1. The highest BCUT2D eigenvalue weighted by Gasteiger charge is 2.32. The number of hydrogen-bond acceptors (Lipinski definition) is 2. The third-order valence-corrected chi connectivity index (χ3v) is 3.78. The Balaban J connectivity index is 2.01. The van der Waals surface area contributed by atoms with Crippen molar-refractivity contribution in [3.63, 3.8) is 0 Å². The first kappa shape index (κ1) is 11.7. The van der Waals surface area contributed by atoms with Gasteiger partial charge in [0.2, 0.25) is 0 Å². The number of rotatable bonds is 1. The fourth-order valence-electron chi connectivity index (χ4n) is 2.83. The van der Waals surface area contributed by atoms with E-state index in [1.165, 1.54) is 6.42 Å². The number of amides is 2. The molecule has 2 unspecified atom stereocenters. The molecule has 2 N–H and O–H groups in total. The second-order valence-electron chi connectivity index (χ2n) is 5.09. The second-order valence-corrected chi connectivity index (χ2v) is 5.09. The normalized spacial score (nSPS) is 28.2. The zero-order valence-electron chi connectivity index (χ0n) is 10.2. The minimum absolute atomic E-state index is 0.0897. The standard InChI is InChI=1S/C12H23N3O/c1-10(13)11-6-2-3-9-15(11)12(16)14-7-4-5-8-14/h10-11H,2-9,13H2,1H3. The van der Waals surface area contributed by atoms with E-state index in [1.54, 1.807) is 0 Å². The van der Waals surface area contributed by atoms with Gasteiger partial charge in [0.05, 0.1) is 0 Å². The molecule has 2 aliphatic heterocycles. The van der Waals surface area contributed by atoms with Crippen LogP contribution in [-0.2, 0) is 0 Å². The lowest BCUT2D eigenvalue weighted by atomic mass is 9.97. The molecule has 0 spiro atoms. The molecule has 0 aromatic carbocycles. The molecule has 0 aromatic rings. The summed E-state index contributed by atoms with van der Waals surface area (Å²) in [4.78, 5) is 16.3. The van der Waals surface area contributed by atoms with Crippen molar-refractivity contribution >= 4 is 6.03 Å². The number of hydrogen-bond donors (Lipinski definition) is 1. The third kappa shape index (κ3) is 2.32. The predicted octanol–water partition coefficient (Wildman–Crippen LogP) is 1.40. The van der Waals surface area contributed by atoms with Crippen molar-refractivity contribution in [1.82, 2.24) is 9.80 Å². The summed E-state index contributed by atoms with van der Waals surface area (Å²) in [5, 5.41) is 0. The second kappa shape index (κ2) is 5.04. The Morgan fingerprint density at radius 2 is 1.81 bits per heavy atom. The number of urea groups is 1. The van der Waals surface area contributed by atoms with E-state index in [2.05, 4.69) is 0 Å². The van der Waals surface area contributed by atoms with Gasteiger partial charge in [-0.3, -0.25) is 0 Å². The summed E-state index contributed by atoms with van der Waals surface area (Å²) in [6, 6.07) is 0.563. The smallest absolute Gasteiger partial charge is 0.320 e. The molecule has 0 aromatic heterocycles. The maximum Gasteiger partial charge on any atom is 0.320 e. The van der Waals surface area contributed by atoms with Gasteiger partial charge >= 0.3 is 6.03 Å². The van der Waals surface area contributed by atoms with Crippen LogP contribution in [0.25, 0.3) is 0 Å². The highest BCUT2D eigenvalue weighted by atomic mass is 16.2. The van der Waals surface area contributed by atoms with Crippen LogP contribution in [0.2, 0.25) is 0 Å². The van der Waals surface area contributed by atoms with Gasteiger partial charge in [-0.2, -0.15) is 0 Å². The van der Waals surface area contributed by atoms with E-state index in [0.29, 0.717) is 0 Å². The first-order valence-electron chi connectivity index (χ1n) is 6.51. The van der Waals surface area contributed by atoms with E-state index in [9.17, 15) is 4.79 Å². The Bertz CT molecular complexity index is 249. The molecule has 0 radical (unpaired) electrons. The minimum Gasteiger partial charge on any atom is -0.326 e. The first-order chi connectivity index (χ1) is 7.70. The van der Waals surface area contributed by atoms with E-state index in [1.807, 2.05) is 16.7 Å². The Hall–Kier alpha value is -0.770. The fraction of sp³-hybridized carbons (Fsp3) is 0.917. The van der Waals surface area contributed by atoms with Crippen LogP contribution in [0.1, 0.15) is 39.0 Å². The number of likely N-dealkylation sites (tertiary alicyclic amines) is 2. The van der Waals surface area contributed by atoms with Crippen molar-refractivity contribution in [3.8, 4) is 0 Å². The molecular formula is C12H23N3O. The molecule has 0 bridgehead atoms. The van der Waals surface area contributed by atoms with E-state index in [-0.39, 0.29) is 18.1 Å². The largest absolute Gasteiger partial charge is 0.326 e. The van der Waals surface area contributed by atoms with E-state index in [0.717, 1.165) is 45.3 Å². The van der Waals surface area contributed by atoms with Crippen LogP contribution in [0.4, 0.5) is 4.79 Å². The predicted molar refractivity (Wildman–Crippen MR) is 64.2 cm³/mol. The van der Waals surface area contributed by atoms with Crippen LogP contribution in [-0.4, -0.2) is 47.5 Å². The molecule has 2 amide bonds. The molecule has 4 heteroatoms. The van der Waals surface area contributed by atoms with Gasteiger partial charge < -0.3 is 15.5 Å². The number of nitrogens with zero attached hydrogens (tertiary/aromatic N) is 2. The van der Waals surface area contributed by atoms with Gasteiger partial charge in [0.15, 0.2) is 0 Å².